The number of rotatable bonds is 9. The molecule has 2 N–H and O–H groups in total. The van der Waals surface area contributed by atoms with E-state index in [1.54, 1.807) is 11.8 Å². The summed E-state index contributed by atoms with van der Waals surface area (Å²) >= 11 is 0. The van der Waals surface area contributed by atoms with E-state index in [0.29, 0.717) is 24.2 Å². The van der Waals surface area contributed by atoms with Gasteiger partial charge in [0.15, 0.2) is 0 Å². The van der Waals surface area contributed by atoms with Crippen molar-refractivity contribution >= 4 is 21.7 Å². The molecule has 1 saturated heterocycles. The number of likely N-dealkylation sites (N-methyl/N-ethyl adjacent to an activating group) is 1. The molecule has 1 fully saturated rings. The second-order valence-electron chi connectivity index (χ2n) is 9.41. The number of sulfonamides is 1. The molecular weight excluding hydrogens is 514 g/mol. The molecule has 3 rings (SSSR count). The van der Waals surface area contributed by atoms with Crippen LogP contribution < -0.4 is 14.9 Å². The van der Waals surface area contributed by atoms with Gasteiger partial charge < -0.3 is 15.1 Å². The van der Waals surface area contributed by atoms with E-state index in [2.05, 4.69) is 15.0 Å². The first kappa shape index (κ1) is 28.8. The maximum absolute atomic E-state index is 14.5. The van der Waals surface area contributed by atoms with E-state index in [1.807, 2.05) is 19.0 Å². The van der Waals surface area contributed by atoms with Crippen LogP contribution in [0.15, 0.2) is 30.3 Å². The molecule has 8 nitrogen and oxygen atoms in total. The SMILES string of the molecule is CC(C(=O)NCc1ccc(C(F)(F)F)nc1N1CC[C@H](N(C)C)C1)c1ccc(CNS(C)(=O)=O)c(F)c1. The van der Waals surface area contributed by atoms with Gasteiger partial charge in [-0.15, -0.1) is 0 Å². The fourth-order valence-electron chi connectivity index (χ4n) is 4.07. The Bertz CT molecular complexity index is 1240. The Labute approximate surface area is 214 Å². The molecule has 2 atom stereocenters. The summed E-state index contributed by atoms with van der Waals surface area (Å²) in [7, 11) is 0.326. The fourth-order valence-corrected chi connectivity index (χ4v) is 4.49. The molecule has 0 radical (unpaired) electrons. The minimum atomic E-state index is -4.60. The van der Waals surface area contributed by atoms with Crippen LogP contribution in [0.25, 0.3) is 0 Å². The van der Waals surface area contributed by atoms with Gasteiger partial charge in [-0.1, -0.05) is 18.2 Å². The Morgan fingerprint density at radius 1 is 1.19 bits per heavy atom. The highest BCUT2D eigenvalue weighted by Crippen LogP contribution is 2.32. The van der Waals surface area contributed by atoms with Gasteiger partial charge in [-0.05, 0) is 45.1 Å². The van der Waals surface area contributed by atoms with Crippen molar-refractivity contribution < 1.29 is 30.8 Å². The molecule has 13 heteroatoms. The van der Waals surface area contributed by atoms with Crippen LogP contribution in [0.2, 0.25) is 0 Å². The van der Waals surface area contributed by atoms with Crippen LogP contribution in [0, 0.1) is 5.82 Å². The third kappa shape index (κ3) is 7.62. The number of hydrogen-bond donors (Lipinski definition) is 2. The van der Waals surface area contributed by atoms with E-state index < -0.39 is 39.5 Å². The van der Waals surface area contributed by atoms with Crippen LogP contribution in [-0.4, -0.2) is 63.7 Å². The standard InChI is InChI=1S/C24H31F4N5O3S/c1-15(16-5-6-17(20(25)11-16)13-30-37(4,35)36)23(34)29-12-18-7-8-21(24(26,27)28)31-22(18)33-10-9-19(14-33)32(2)3/h5-8,11,15,19,30H,9-10,12-14H2,1-4H3,(H,29,34)/t15?,19-/m0/s1. The van der Waals surface area contributed by atoms with Crippen molar-refractivity contribution in [2.45, 2.75) is 44.6 Å². The largest absolute Gasteiger partial charge is 0.433 e. The number of carbonyl (C=O) groups is 1. The molecule has 1 aromatic carbocycles. The summed E-state index contributed by atoms with van der Waals surface area (Å²) in [6.45, 7) is 2.35. The van der Waals surface area contributed by atoms with Crippen molar-refractivity contribution in [1.82, 2.24) is 19.9 Å². The monoisotopic (exact) mass is 545 g/mol. The molecule has 2 heterocycles. The number of halogens is 4. The summed E-state index contributed by atoms with van der Waals surface area (Å²) in [6.07, 6.45) is -2.86. The van der Waals surface area contributed by atoms with Crippen LogP contribution in [0.4, 0.5) is 23.4 Å². The predicted octanol–water partition coefficient (Wildman–Crippen LogP) is 2.85. The third-order valence-corrected chi connectivity index (χ3v) is 7.06. The van der Waals surface area contributed by atoms with E-state index in [4.69, 9.17) is 0 Å². The maximum atomic E-state index is 14.5. The zero-order chi connectivity index (χ0) is 27.5. The van der Waals surface area contributed by atoms with Crippen molar-refractivity contribution in [3.63, 3.8) is 0 Å². The average molecular weight is 546 g/mol. The number of nitrogens with zero attached hydrogens (tertiary/aromatic N) is 3. The average Bonchev–Trinajstić information content (AvgIpc) is 3.30. The zero-order valence-electron chi connectivity index (χ0n) is 21.1. The number of hydrogen-bond acceptors (Lipinski definition) is 6. The summed E-state index contributed by atoms with van der Waals surface area (Å²) in [6, 6.07) is 6.49. The smallest absolute Gasteiger partial charge is 0.355 e. The van der Waals surface area contributed by atoms with Gasteiger partial charge in [-0.2, -0.15) is 13.2 Å². The molecule has 204 valence electrons. The van der Waals surface area contributed by atoms with Crippen LogP contribution in [0.1, 0.15) is 41.6 Å². The number of alkyl halides is 3. The first-order chi connectivity index (χ1) is 17.2. The van der Waals surface area contributed by atoms with Gasteiger partial charge in [0.25, 0.3) is 0 Å². The van der Waals surface area contributed by atoms with Crippen molar-refractivity contribution in [3.05, 3.63) is 58.5 Å². The molecule has 0 saturated carbocycles. The summed E-state index contributed by atoms with van der Waals surface area (Å²) < 4.78 is 79.2. The highest BCUT2D eigenvalue weighted by molar-refractivity contribution is 7.88. The van der Waals surface area contributed by atoms with Crippen molar-refractivity contribution in [2.75, 3.05) is 38.3 Å². The van der Waals surface area contributed by atoms with E-state index in [1.165, 1.54) is 24.3 Å². The predicted molar refractivity (Wildman–Crippen MR) is 132 cm³/mol. The number of pyridine rings is 1. The maximum Gasteiger partial charge on any atom is 0.433 e. The lowest BCUT2D eigenvalue weighted by molar-refractivity contribution is -0.141. The van der Waals surface area contributed by atoms with Crippen LogP contribution in [0.5, 0.6) is 0 Å². The zero-order valence-corrected chi connectivity index (χ0v) is 21.9. The molecule has 0 bridgehead atoms. The van der Waals surface area contributed by atoms with E-state index in [0.717, 1.165) is 18.7 Å². The molecule has 37 heavy (non-hydrogen) atoms. The summed E-state index contributed by atoms with van der Waals surface area (Å²) in [4.78, 5) is 20.5. The van der Waals surface area contributed by atoms with Gasteiger partial charge in [0.2, 0.25) is 15.9 Å². The molecular formula is C24H31F4N5O3S. The Balaban J connectivity index is 1.74. The van der Waals surface area contributed by atoms with Crippen molar-refractivity contribution in [1.29, 1.82) is 0 Å². The quantitative estimate of drug-likeness (QED) is 0.471. The lowest BCUT2D eigenvalue weighted by atomic mass is 9.98. The summed E-state index contributed by atoms with van der Waals surface area (Å²) in [5, 5.41) is 2.72. The number of carbonyl (C=O) groups excluding carboxylic acids is 1. The minimum Gasteiger partial charge on any atom is -0.355 e. The Morgan fingerprint density at radius 2 is 1.86 bits per heavy atom. The normalized spacial score (nSPS) is 17.3. The summed E-state index contributed by atoms with van der Waals surface area (Å²) in [5.74, 6) is -1.69. The fraction of sp³-hybridized carbons (Fsp3) is 0.500. The molecule has 1 aliphatic heterocycles. The van der Waals surface area contributed by atoms with Crippen LogP contribution >= 0.6 is 0 Å². The number of nitrogens with one attached hydrogen (secondary N) is 2. The van der Waals surface area contributed by atoms with Gasteiger partial charge >= 0.3 is 6.18 Å². The van der Waals surface area contributed by atoms with E-state index >= 15 is 0 Å². The molecule has 2 aromatic rings. The van der Waals surface area contributed by atoms with Gasteiger partial charge in [-0.25, -0.2) is 22.5 Å². The first-order valence-electron chi connectivity index (χ1n) is 11.6. The minimum absolute atomic E-state index is 0.0500. The lowest BCUT2D eigenvalue weighted by Gasteiger charge is -2.24. The van der Waals surface area contributed by atoms with Gasteiger partial charge in [0.05, 0.1) is 12.2 Å². The van der Waals surface area contributed by atoms with Crippen LogP contribution in [-0.2, 0) is 34.1 Å². The number of aromatic nitrogens is 1. The number of anilines is 1. The highest BCUT2D eigenvalue weighted by atomic mass is 32.2. The van der Waals surface area contributed by atoms with Gasteiger partial charge in [-0.3, -0.25) is 4.79 Å². The topological polar surface area (TPSA) is 94.6 Å². The van der Waals surface area contributed by atoms with Crippen LogP contribution in [0.3, 0.4) is 0 Å². The van der Waals surface area contributed by atoms with Gasteiger partial charge in [0, 0.05) is 43.3 Å². The summed E-state index contributed by atoms with van der Waals surface area (Å²) in [5.41, 5.74) is -0.0531. The highest BCUT2D eigenvalue weighted by Gasteiger charge is 2.35. The van der Waals surface area contributed by atoms with Crippen molar-refractivity contribution in [3.8, 4) is 0 Å². The van der Waals surface area contributed by atoms with E-state index in [9.17, 15) is 30.8 Å². The molecule has 1 unspecified atom stereocenters. The number of benzene rings is 1. The third-order valence-electron chi connectivity index (χ3n) is 6.39. The van der Waals surface area contributed by atoms with Crippen molar-refractivity contribution in [2.24, 2.45) is 0 Å². The van der Waals surface area contributed by atoms with E-state index in [-0.39, 0.29) is 30.5 Å². The molecule has 1 aliphatic rings. The lowest BCUT2D eigenvalue weighted by Crippen LogP contribution is -2.33. The second-order valence-corrected chi connectivity index (χ2v) is 11.2. The second kappa shape index (κ2) is 11.3. The molecule has 0 spiro atoms. The van der Waals surface area contributed by atoms with Gasteiger partial charge in [0.1, 0.15) is 17.3 Å². The Hall–Kier alpha value is -2.77. The Kier molecular flexibility index (Phi) is 8.81. The molecule has 1 amide bonds. The molecule has 0 aliphatic carbocycles. The number of amides is 1. The Morgan fingerprint density at radius 3 is 2.43 bits per heavy atom. The first-order valence-corrected chi connectivity index (χ1v) is 13.5. The molecule has 1 aromatic heterocycles.